The maximum Gasteiger partial charge on any atom is 0.229 e. The van der Waals surface area contributed by atoms with Gasteiger partial charge in [-0.05, 0) is 38.5 Å². The van der Waals surface area contributed by atoms with Gasteiger partial charge in [-0.1, -0.05) is 17.7 Å². The number of nitrogens with one attached hydrogen (secondary N) is 1. The second-order valence-corrected chi connectivity index (χ2v) is 7.16. The van der Waals surface area contributed by atoms with E-state index in [0.29, 0.717) is 5.95 Å². The zero-order chi connectivity index (χ0) is 19.5. The predicted molar refractivity (Wildman–Crippen MR) is 112 cm³/mol. The van der Waals surface area contributed by atoms with Crippen LogP contribution in [0.1, 0.15) is 16.8 Å². The van der Waals surface area contributed by atoms with Crippen LogP contribution in [0.4, 0.5) is 23.4 Å². The molecule has 1 fully saturated rings. The first-order chi connectivity index (χ1) is 13.6. The maximum absolute atomic E-state index is 4.77. The Morgan fingerprint density at radius 1 is 0.857 bits per heavy atom. The van der Waals surface area contributed by atoms with Gasteiger partial charge in [-0.2, -0.15) is 4.98 Å². The number of nitrogens with zero attached hydrogens (tertiary/aromatic N) is 6. The molecule has 7 nitrogen and oxygen atoms in total. The zero-order valence-corrected chi connectivity index (χ0v) is 16.6. The van der Waals surface area contributed by atoms with Crippen molar-refractivity contribution in [2.75, 3.05) is 41.3 Å². The molecule has 0 atom stereocenters. The topological polar surface area (TPSA) is 70.1 Å². The minimum absolute atomic E-state index is 0.635. The minimum atomic E-state index is 0.635. The Hall–Kier alpha value is -3.22. The van der Waals surface area contributed by atoms with Crippen molar-refractivity contribution in [2.45, 2.75) is 20.8 Å². The van der Waals surface area contributed by atoms with E-state index in [2.05, 4.69) is 62.1 Å². The van der Waals surface area contributed by atoms with Crippen molar-refractivity contribution in [3.05, 3.63) is 59.5 Å². The highest BCUT2D eigenvalue weighted by Gasteiger charge is 2.20. The molecular weight excluding hydrogens is 350 g/mol. The van der Waals surface area contributed by atoms with Crippen LogP contribution >= 0.6 is 0 Å². The number of anilines is 4. The normalized spacial score (nSPS) is 14.2. The summed E-state index contributed by atoms with van der Waals surface area (Å²) in [6.07, 6.45) is 3.57. The molecular formula is C21H25N7. The molecule has 7 heteroatoms. The van der Waals surface area contributed by atoms with Crippen LogP contribution in [-0.2, 0) is 0 Å². The highest BCUT2D eigenvalue weighted by Crippen LogP contribution is 2.23. The van der Waals surface area contributed by atoms with E-state index in [-0.39, 0.29) is 0 Å². The number of benzene rings is 1. The van der Waals surface area contributed by atoms with Crippen LogP contribution < -0.4 is 15.1 Å². The quantitative estimate of drug-likeness (QED) is 0.750. The van der Waals surface area contributed by atoms with Crippen LogP contribution in [-0.4, -0.2) is 46.1 Å². The lowest BCUT2D eigenvalue weighted by Crippen LogP contribution is -2.47. The third-order valence-electron chi connectivity index (χ3n) is 4.91. The van der Waals surface area contributed by atoms with E-state index < -0.39 is 0 Å². The summed E-state index contributed by atoms with van der Waals surface area (Å²) in [4.78, 5) is 22.5. The van der Waals surface area contributed by atoms with E-state index >= 15 is 0 Å². The van der Waals surface area contributed by atoms with Gasteiger partial charge < -0.3 is 15.1 Å². The van der Waals surface area contributed by atoms with Gasteiger partial charge in [0.1, 0.15) is 5.82 Å². The average molecular weight is 375 g/mol. The molecule has 0 spiro atoms. The molecule has 144 valence electrons. The van der Waals surface area contributed by atoms with Gasteiger partial charge in [0.05, 0.1) is 0 Å². The molecule has 1 aliphatic rings. The number of aryl methyl sites for hydroxylation is 3. The molecule has 1 saturated heterocycles. The molecule has 0 unspecified atom stereocenters. The molecule has 1 aliphatic heterocycles. The van der Waals surface area contributed by atoms with Gasteiger partial charge in [0.25, 0.3) is 0 Å². The summed E-state index contributed by atoms with van der Waals surface area (Å²) in [5, 5.41) is 3.38. The Kier molecular flexibility index (Phi) is 5.06. The molecule has 1 aromatic carbocycles. The average Bonchev–Trinajstić information content (AvgIpc) is 2.70. The monoisotopic (exact) mass is 375 g/mol. The predicted octanol–water partition coefficient (Wildman–Crippen LogP) is 3.26. The summed E-state index contributed by atoms with van der Waals surface area (Å²) < 4.78 is 0. The molecule has 1 N–H and O–H groups in total. The Labute approximate surface area is 165 Å². The number of aromatic nitrogens is 4. The Bertz CT molecular complexity index is 950. The van der Waals surface area contributed by atoms with Crippen LogP contribution in [0.15, 0.2) is 42.7 Å². The molecule has 3 aromatic rings. The number of hydrogen-bond donors (Lipinski definition) is 1. The summed E-state index contributed by atoms with van der Waals surface area (Å²) in [5.74, 6) is 2.38. The van der Waals surface area contributed by atoms with Crippen molar-refractivity contribution < 1.29 is 0 Å². The molecule has 0 radical (unpaired) electrons. The molecule has 4 rings (SSSR count). The van der Waals surface area contributed by atoms with Gasteiger partial charge in [-0.3, -0.25) is 0 Å². The molecule has 0 aliphatic carbocycles. The van der Waals surface area contributed by atoms with Crippen LogP contribution in [0.2, 0.25) is 0 Å². The fourth-order valence-electron chi connectivity index (χ4n) is 3.43. The van der Waals surface area contributed by atoms with Crippen molar-refractivity contribution in [1.82, 2.24) is 19.9 Å². The van der Waals surface area contributed by atoms with Crippen molar-refractivity contribution >= 4 is 23.4 Å². The van der Waals surface area contributed by atoms with Gasteiger partial charge in [0.15, 0.2) is 0 Å². The first-order valence-electron chi connectivity index (χ1n) is 9.55. The number of hydrogen-bond acceptors (Lipinski definition) is 7. The molecule has 0 saturated carbocycles. The fraction of sp³-hybridized carbons (Fsp3) is 0.333. The van der Waals surface area contributed by atoms with Crippen molar-refractivity contribution in [2.24, 2.45) is 0 Å². The van der Waals surface area contributed by atoms with E-state index in [1.165, 1.54) is 11.1 Å². The molecule has 0 bridgehead atoms. The van der Waals surface area contributed by atoms with E-state index in [9.17, 15) is 0 Å². The minimum Gasteiger partial charge on any atom is -0.353 e. The standard InChI is InChI=1S/C21H25N7/c1-15-5-6-18(16(2)13-15)25-20-24-17(3)14-19(26-20)27-9-11-28(12-10-27)21-22-7-4-8-23-21/h4-8,13-14H,9-12H2,1-3H3,(H,24,25,26). The van der Waals surface area contributed by atoms with Crippen molar-refractivity contribution in [1.29, 1.82) is 0 Å². The molecule has 3 heterocycles. The van der Waals surface area contributed by atoms with Crippen LogP contribution in [0.3, 0.4) is 0 Å². The summed E-state index contributed by atoms with van der Waals surface area (Å²) >= 11 is 0. The van der Waals surface area contributed by atoms with Crippen molar-refractivity contribution in [3.63, 3.8) is 0 Å². The molecule has 28 heavy (non-hydrogen) atoms. The first-order valence-corrected chi connectivity index (χ1v) is 9.55. The lowest BCUT2D eigenvalue weighted by atomic mass is 10.1. The molecule has 2 aromatic heterocycles. The van der Waals surface area contributed by atoms with Gasteiger partial charge >= 0.3 is 0 Å². The lowest BCUT2D eigenvalue weighted by molar-refractivity contribution is 0.634. The Morgan fingerprint density at radius 2 is 1.57 bits per heavy atom. The second-order valence-electron chi connectivity index (χ2n) is 7.16. The van der Waals surface area contributed by atoms with Gasteiger partial charge in [0, 0.05) is 56.0 Å². The number of rotatable bonds is 4. The smallest absolute Gasteiger partial charge is 0.229 e. The van der Waals surface area contributed by atoms with Gasteiger partial charge in [-0.15, -0.1) is 0 Å². The summed E-state index contributed by atoms with van der Waals surface area (Å²) in [6.45, 7) is 9.68. The van der Waals surface area contributed by atoms with Crippen LogP contribution in [0.25, 0.3) is 0 Å². The van der Waals surface area contributed by atoms with Crippen LogP contribution in [0.5, 0.6) is 0 Å². The van der Waals surface area contributed by atoms with E-state index in [1.807, 2.05) is 19.1 Å². The second kappa shape index (κ2) is 7.80. The van der Waals surface area contributed by atoms with E-state index in [0.717, 1.165) is 49.3 Å². The third-order valence-corrected chi connectivity index (χ3v) is 4.91. The number of piperazine rings is 1. The highest BCUT2D eigenvalue weighted by atomic mass is 15.3. The SMILES string of the molecule is Cc1ccc(Nc2nc(C)cc(N3CCN(c4ncccn4)CC3)n2)c(C)c1. The van der Waals surface area contributed by atoms with E-state index in [1.54, 1.807) is 12.4 Å². The largest absolute Gasteiger partial charge is 0.353 e. The Morgan fingerprint density at radius 3 is 2.29 bits per heavy atom. The summed E-state index contributed by atoms with van der Waals surface area (Å²) in [5.41, 5.74) is 4.41. The maximum atomic E-state index is 4.77. The van der Waals surface area contributed by atoms with Gasteiger partial charge in [-0.25, -0.2) is 15.0 Å². The lowest BCUT2D eigenvalue weighted by Gasteiger charge is -2.35. The molecule has 0 amide bonds. The van der Waals surface area contributed by atoms with Crippen LogP contribution in [0, 0.1) is 20.8 Å². The first kappa shape index (κ1) is 18.2. The van der Waals surface area contributed by atoms with Gasteiger partial charge in [0.2, 0.25) is 11.9 Å². The summed E-state index contributed by atoms with van der Waals surface area (Å²) in [6, 6.07) is 10.2. The zero-order valence-electron chi connectivity index (χ0n) is 16.6. The highest BCUT2D eigenvalue weighted by molar-refractivity contribution is 5.60. The van der Waals surface area contributed by atoms with Crippen molar-refractivity contribution in [3.8, 4) is 0 Å². The third kappa shape index (κ3) is 4.03. The van der Waals surface area contributed by atoms with E-state index in [4.69, 9.17) is 4.98 Å². The summed E-state index contributed by atoms with van der Waals surface area (Å²) in [7, 11) is 0. The fourth-order valence-corrected chi connectivity index (χ4v) is 3.43. The Balaban J connectivity index is 1.48.